The molecule has 0 bridgehead atoms. The lowest BCUT2D eigenvalue weighted by Gasteiger charge is -2.31. The number of methoxy groups -OCH3 is 1. The summed E-state index contributed by atoms with van der Waals surface area (Å²) < 4.78 is 4.77. The van der Waals surface area contributed by atoms with Gasteiger partial charge in [-0.3, -0.25) is 9.79 Å². The lowest BCUT2D eigenvalue weighted by atomic mass is 9.83. The molecule has 41 heavy (non-hydrogen) atoms. The van der Waals surface area contributed by atoms with Crippen molar-refractivity contribution >= 4 is 23.3 Å². The highest BCUT2D eigenvalue weighted by Crippen LogP contribution is 2.51. The molecule has 216 valence electrons. The molecule has 1 N–H and O–H groups in total. The summed E-state index contributed by atoms with van der Waals surface area (Å²) in [7, 11) is 1.32. The van der Waals surface area contributed by atoms with E-state index in [0.29, 0.717) is 12.0 Å². The average molecular weight is 554 g/mol. The van der Waals surface area contributed by atoms with E-state index in [9.17, 15) is 9.59 Å². The Morgan fingerprint density at radius 3 is 2.41 bits per heavy atom. The van der Waals surface area contributed by atoms with Crippen LogP contribution in [0.15, 0.2) is 47.6 Å². The molecule has 6 rings (SSSR count). The normalized spacial score (nSPS) is 21.7. The van der Waals surface area contributed by atoms with Gasteiger partial charge in [-0.1, -0.05) is 63.1 Å². The Balaban J connectivity index is 1.15. The maximum absolute atomic E-state index is 13.5. The number of fused-ring (bicyclic) bond motifs is 1. The van der Waals surface area contributed by atoms with Gasteiger partial charge in [0.25, 0.3) is 0 Å². The molecule has 2 aliphatic carbocycles. The molecule has 2 atom stereocenters. The Morgan fingerprint density at radius 2 is 1.71 bits per heavy atom. The zero-order valence-corrected chi connectivity index (χ0v) is 25.0. The molecule has 2 fully saturated rings. The van der Waals surface area contributed by atoms with E-state index in [2.05, 4.69) is 48.6 Å². The molecule has 0 radical (unpaired) electrons. The first-order valence-corrected chi connectivity index (χ1v) is 15.4. The van der Waals surface area contributed by atoms with Gasteiger partial charge in [0.1, 0.15) is 6.04 Å². The number of carbonyl (C=O) groups excluding carboxylic acids is 2. The van der Waals surface area contributed by atoms with Crippen molar-refractivity contribution in [1.82, 2.24) is 10.2 Å². The summed E-state index contributed by atoms with van der Waals surface area (Å²) in [5.41, 5.74) is 11.2. The van der Waals surface area contributed by atoms with Gasteiger partial charge in [-0.05, 0) is 95.7 Å². The number of aliphatic imine (C=N–C) groups is 1. The SMILES string of the molecule is COC(=O)NC(C(=O)N1CCCC1C1=NC=C(c2ccc(-c3ccc(C)c4c3CC3(CCCC3)C4)cc2)C1)C(C)C. The third-order valence-corrected chi connectivity index (χ3v) is 10.1. The van der Waals surface area contributed by atoms with Crippen LogP contribution >= 0.6 is 0 Å². The summed E-state index contributed by atoms with van der Waals surface area (Å²) in [6.07, 6.45) is 12.0. The molecule has 0 aromatic heterocycles. The number of hydrogen-bond acceptors (Lipinski definition) is 4. The highest BCUT2D eigenvalue weighted by molar-refractivity contribution is 6.03. The summed E-state index contributed by atoms with van der Waals surface area (Å²) in [4.78, 5) is 32.1. The van der Waals surface area contributed by atoms with Crippen molar-refractivity contribution in [2.75, 3.05) is 13.7 Å². The third-order valence-electron chi connectivity index (χ3n) is 10.1. The standard InChI is InChI=1S/C35H43N3O3/c1-22(2)32(37-34(40)41-4)33(39)38-17-7-8-31(38)30-18-26(21-36-30)24-10-12-25(13-11-24)27-14-9-23(3)28-19-35(20-29(27)28)15-5-6-16-35/h9-14,21-22,31-32H,5-8,15-20H2,1-4H3,(H,37,40). The molecule has 1 spiro atoms. The van der Waals surface area contributed by atoms with E-state index >= 15 is 0 Å². The van der Waals surface area contributed by atoms with Crippen LogP contribution in [0.1, 0.15) is 81.0 Å². The summed E-state index contributed by atoms with van der Waals surface area (Å²) in [5.74, 6) is -0.0996. The van der Waals surface area contributed by atoms with E-state index in [-0.39, 0.29) is 17.9 Å². The minimum Gasteiger partial charge on any atom is -0.453 e. The van der Waals surface area contributed by atoms with Crippen molar-refractivity contribution < 1.29 is 14.3 Å². The van der Waals surface area contributed by atoms with E-state index < -0.39 is 12.1 Å². The van der Waals surface area contributed by atoms with Gasteiger partial charge in [-0.2, -0.15) is 0 Å². The van der Waals surface area contributed by atoms with E-state index in [1.807, 2.05) is 24.9 Å². The fourth-order valence-corrected chi connectivity index (χ4v) is 7.77. The Morgan fingerprint density at radius 1 is 1.00 bits per heavy atom. The van der Waals surface area contributed by atoms with Crippen LogP contribution in [-0.4, -0.2) is 48.4 Å². The summed E-state index contributed by atoms with van der Waals surface area (Å²) >= 11 is 0. The first kappa shape index (κ1) is 27.7. The summed E-state index contributed by atoms with van der Waals surface area (Å²) in [6.45, 7) is 6.84. The second-order valence-electron chi connectivity index (χ2n) is 13.0. The van der Waals surface area contributed by atoms with Crippen LogP contribution in [0.5, 0.6) is 0 Å². The number of alkyl carbamates (subject to hydrolysis) is 1. The molecule has 1 saturated heterocycles. The van der Waals surface area contributed by atoms with E-state index in [4.69, 9.17) is 9.73 Å². The van der Waals surface area contributed by atoms with E-state index in [1.165, 1.54) is 73.5 Å². The molecular weight excluding hydrogens is 510 g/mol. The zero-order chi connectivity index (χ0) is 28.7. The number of allylic oxidation sites excluding steroid dienone is 1. The molecule has 2 aromatic carbocycles. The van der Waals surface area contributed by atoms with Gasteiger partial charge in [-0.15, -0.1) is 0 Å². The van der Waals surface area contributed by atoms with Crippen molar-refractivity contribution in [2.45, 2.75) is 90.6 Å². The average Bonchev–Trinajstić information content (AvgIpc) is 3.78. The first-order valence-electron chi connectivity index (χ1n) is 15.4. The highest BCUT2D eigenvalue weighted by Gasteiger charge is 2.41. The lowest BCUT2D eigenvalue weighted by Crippen LogP contribution is -2.53. The predicted octanol–water partition coefficient (Wildman–Crippen LogP) is 6.88. The first-order chi connectivity index (χ1) is 19.8. The van der Waals surface area contributed by atoms with Gasteiger partial charge >= 0.3 is 6.09 Å². The Hall–Kier alpha value is -3.41. The van der Waals surface area contributed by atoms with Crippen LogP contribution in [-0.2, 0) is 22.4 Å². The Kier molecular flexibility index (Phi) is 7.52. The number of aryl methyl sites for hydroxylation is 1. The molecule has 2 heterocycles. The molecule has 2 aliphatic heterocycles. The molecule has 6 heteroatoms. The van der Waals surface area contributed by atoms with Gasteiger partial charge < -0.3 is 15.0 Å². The molecule has 2 unspecified atom stereocenters. The second kappa shape index (κ2) is 11.1. The molecular formula is C35H43N3O3. The summed E-state index contributed by atoms with van der Waals surface area (Å²) in [6, 6.07) is 13.0. The topological polar surface area (TPSA) is 71.0 Å². The van der Waals surface area contributed by atoms with Crippen molar-refractivity contribution in [3.8, 4) is 11.1 Å². The summed E-state index contributed by atoms with van der Waals surface area (Å²) in [5, 5.41) is 2.73. The fraction of sp³-hybridized carbons (Fsp3) is 0.514. The van der Waals surface area contributed by atoms with Crippen molar-refractivity contribution in [3.05, 3.63) is 64.9 Å². The number of benzene rings is 2. The number of nitrogens with zero attached hydrogens (tertiary/aromatic N) is 2. The number of nitrogens with one attached hydrogen (secondary N) is 1. The van der Waals surface area contributed by atoms with Gasteiger partial charge in [-0.25, -0.2) is 4.79 Å². The van der Waals surface area contributed by atoms with Crippen LogP contribution in [0.4, 0.5) is 4.79 Å². The molecule has 1 saturated carbocycles. The third kappa shape index (κ3) is 5.22. The molecule has 2 amide bonds. The van der Waals surface area contributed by atoms with Crippen LogP contribution in [0, 0.1) is 18.3 Å². The molecule has 2 aromatic rings. The molecule has 6 nitrogen and oxygen atoms in total. The minimum atomic E-state index is -0.614. The van der Waals surface area contributed by atoms with Gasteiger partial charge in [0.05, 0.1) is 13.2 Å². The monoisotopic (exact) mass is 553 g/mol. The second-order valence-corrected chi connectivity index (χ2v) is 13.0. The van der Waals surface area contributed by atoms with E-state index in [1.54, 1.807) is 11.1 Å². The quantitative estimate of drug-likeness (QED) is 0.424. The predicted molar refractivity (Wildman–Crippen MR) is 164 cm³/mol. The number of amides is 2. The largest absolute Gasteiger partial charge is 0.453 e. The van der Waals surface area contributed by atoms with Crippen molar-refractivity contribution in [2.24, 2.45) is 16.3 Å². The maximum atomic E-state index is 13.5. The number of ether oxygens (including phenoxy) is 1. The van der Waals surface area contributed by atoms with Crippen molar-refractivity contribution in [3.63, 3.8) is 0 Å². The number of carbonyl (C=O) groups is 2. The highest BCUT2D eigenvalue weighted by atomic mass is 16.5. The lowest BCUT2D eigenvalue weighted by molar-refractivity contribution is -0.134. The van der Waals surface area contributed by atoms with Gasteiger partial charge in [0, 0.05) is 24.9 Å². The van der Waals surface area contributed by atoms with Gasteiger partial charge in [0.15, 0.2) is 0 Å². The maximum Gasteiger partial charge on any atom is 0.407 e. The van der Waals surface area contributed by atoms with E-state index in [0.717, 1.165) is 25.0 Å². The number of hydrogen-bond donors (Lipinski definition) is 1. The van der Waals surface area contributed by atoms with Gasteiger partial charge in [0.2, 0.25) is 5.91 Å². The number of rotatable bonds is 6. The van der Waals surface area contributed by atoms with Crippen LogP contribution in [0.25, 0.3) is 16.7 Å². The fourth-order valence-electron chi connectivity index (χ4n) is 7.77. The Labute approximate surface area is 244 Å². The van der Waals surface area contributed by atoms with Crippen molar-refractivity contribution in [1.29, 1.82) is 0 Å². The van der Waals surface area contributed by atoms with Crippen LogP contribution < -0.4 is 5.32 Å². The van der Waals surface area contributed by atoms with Crippen LogP contribution in [0.2, 0.25) is 0 Å². The Bertz CT molecular complexity index is 1400. The van der Waals surface area contributed by atoms with Crippen LogP contribution in [0.3, 0.4) is 0 Å². The smallest absolute Gasteiger partial charge is 0.407 e. The minimum absolute atomic E-state index is 0.0331. The number of likely N-dealkylation sites (tertiary alicyclic amines) is 1. The zero-order valence-electron chi connectivity index (χ0n) is 25.0. The molecule has 4 aliphatic rings.